The summed E-state index contributed by atoms with van der Waals surface area (Å²) in [7, 11) is 1.58. The van der Waals surface area contributed by atoms with Crippen molar-refractivity contribution in [1.29, 1.82) is 10.5 Å². The second-order valence-electron chi connectivity index (χ2n) is 28.6. The number of carbonyl (C=O) groups excluding carboxylic acids is 7. The van der Waals surface area contributed by atoms with Crippen LogP contribution in [0.3, 0.4) is 0 Å². The number of benzene rings is 5. The molecule has 2 aliphatic heterocycles. The van der Waals surface area contributed by atoms with Gasteiger partial charge in [0.25, 0.3) is 17.7 Å². The van der Waals surface area contributed by atoms with Gasteiger partial charge in [0.15, 0.2) is 29.0 Å². The largest absolute Gasteiger partial charge is 0.506 e. The number of anilines is 2. The number of halogens is 1. The van der Waals surface area contributed by atoms with Crippen LogP contribution in [0, 0.1) is 41.9 Å². The minimum atomic E-state index is -1.66. The van der Waals surface area contributed by atoms with Crippen LogP contribution in [0.1, 0.15) is 192 Å². The van der Waals surface area contributed by atoms with Crippen LogP contribution in [0.15, 0.2) is 142 Å². The van der Waals surface area contributed by atoms with Gasteiger partial charge in [-0.05, 0) is 143 Å². The number of thioether (sulfide) groups is 1. The number of aliphatic imine (C=N–C) groups is 1. The molecular weight excluding hydrogens is 1470 g/mol. The van der Waals surface area contributed by atoms with Crippen LogP contribution in [0.4, 0.5) is 16.2 Å². The number of aliphatic hydroxyl groups is 2. The average Bonchev–Trinajstić information content (AvgIpc) is 1.66. The molecule has 1 aliphatic carbocycles. The Labute approximate surface area is 668 Å². The number of fused-ring (bicyclic) bond motifs is 1. The van der Waals surface area contributed by atoms with E-state index in [1.54, 1.807) is 107 Å². The number of phenols is 1. The minimum absolute atomic E-state index is 0.00440. The van der Waals surface area contributed by atoms with Crippen molar-refractivity contribution >= 4 is 105 Å². The first kappa shape index (κ1) is 94.1. The number of allylic oxidation sites excluding steroid dienone is 3. The van der Waals surface area contributed by atoms with Crippen molar-refractivity contribution in [1.82, 2.24) is 15.1 Å². The van der Waals surface area contributed by atoms with Gasteiger partial charge in [0.1, 0.15) is 41.2 Å². The van der Waals surface area contributed by atoms with Crippen LogP contribution in [0.2, 0.25) is 5.02 Å². The fourth-order valence-electron chi connectivity index (χ4n) is 11.4. The van der Waals surface area contributed by atoms with Crippen molar-refractivity contribution in [2.24, 2.45) is 10.4 Å². The molecule has 2 fully saturated rings. The van der Waals surface area contributed by atoms with Crippen LogP contribution in [-0.2, 0) is 38.2 Å². The number of nitrogens with zero attached hydrogens (tertiary/aromatic N) is 5. The maximum absolute atomic E-state index is 13.4. The molecule has 0 bridgehead atoms. The van der Waals surface area contributed by atoms with E-state index in [0.29, 0.717) is 66.1 Å². The topological polar surface area (TPSA) is 357 Å². The molecule has 0 aromatic heterocycles. The number of nitrogens with one attached hydrogen (secondary N) is 3. The number of imide groups is 1. The van der Waals surface area contributed by atoms with E-state index in [2.05, 4.69) is 34.8 Å². The Hall–Kier alpha value is -10.3. The summed E-state index contributed by atoms with van der Waals surface area (Å²) in [6.07, 6.45) is 26.7. The number of nitriles is 2. The predicted molar refractivity (Wildman–Crippen MR) is 440 cm³/mol. The quantitative estimate of drug-likeness (QED) is 0.00382. The van der Waals surface area contributed by atoms with Gasteiger partial charge >= 0.3 is 12.1 Å². The number of ketones is 3. The number of Topliss-reactive ketones (excluding diaryl/α,β-unsaturated/α-hetero) is 3. The lowest BCUT2D eigenvalue weighted by Crippen LogP contribution is -2.55. The molecule has 24 nitrogen and oxygen atoms in total. The zero-order valence-electron chi connectivity index (χ0n) is 66.7. The maximum Gasteiger partial charge on any atom is 0.418 e. The van der Waals surface area contributed by atoms with Gasteiger partial charge in [-0.2, -0.15) is 10.5 Å². The molecule has 5 aromatic carbocycles. The normalized spacial score (nSPS) is 15.5. The Bertz CT molecular complexity index is 4240. The van der Waals surface area contributed by atoms with Crippen molar-refractivity contribution in [2.45, 2.75) is 201 Å². The number of aliphatic carboxylic acids is 1. The SMILES string of the molecule is CC1(O)CC(N2CCOCC2)=C(O)C1=O.CCCCCCCCCCCCOc1ccc(C)cc1NC(=O)c1cc(SCCC(=O)O)c2ccccc2c1O.CCCCCCN/C=C/C=C/N=CC#N.COc1ccc(/C=C(/C#N)C(C)=O)cc1.Cc1ccc(Cl)c(NC(=O)C(C(=O)C(C)(C)C)N2C(=O)OC(C)(C)C2=O)c1. The van der Waals surface area contributed by atoms with Gasteiger partial charge in [-0.1, -0.05) is 172 Å². The van der Waals surface area contributed by atoms with E-state index in [9.17, 15) is 53.7 Å². The van der Waals surface area contributed by atoms with Crippen molar-refractivity contribution in [3.05, 3.63) is 160 Å². The summed E-state index contributed by atoms with van der Waals surface area (Å²) in [6, 6.07) is 28.8. The minimum Gasteiger partial charge on any atom is -0.506 e. The van der Waals surface area contributed by atoms with Gasteiger partial charge in [-0.25, -0.2) is 9.69 Å². The van der Waals surface area contributed by atoms with E-state index < -0.39 is 64.0 Å². The summed E-state index contributed by atoms with van der Waals surface area (Å²) in [4.78, 5) is 105. The van der Waals surface area contributed by atoms with Crippen molar-refractivity contribution in [2.75, 3.05) is 63.0 Å². The number of carboxylic acids is 1. The van der Waals surface area contributed by atoms with Crippen LogP contribution in [-0.4, -0.2) is 153 Å². The van der Waals surface area contributed by atoms with Crippen LogP contribution in [0.5, 0.6) is 17.2 Å². The lowest BCUT2D eigenvalue weighted by Gasteiger charge is -2.30. The molecule has 8 rings (SSSR count). The molecule has 2 atom stereocenters. The Kier molecular flexibility index (Phi) is 40.7. The van der Waals surface area contributed by atoms with Gasteiger partial charge in [-0.3, -0.25) is 38.6 Å². The first-order valence-corrected chi connectivity index (χ1v) is 39.2. The second-order valence-corrected chi connectivity index (χ2v) is 30.2. The predicted octanol–water partition coefficient (Wildman–Crippen LogP) is 17.1. The molecule has 2 heterocycles. The van der Waals surface area contributed by atoms with Gasteiger partial charge < -0.3 is 60.2 Å². The summed E-state index contributed by atoms with van der Waals surface area (Å²) in [5.74, 6) is -2.98. The maximum atomic E-state index is 13.4. The molecule has 604 valence electrons. The van der Waals surface area contributed by atoms with E-state index in [4.69, 9.17) is 46.2 Å². The number of aliphatic hydroxyl groups excluding tert-OH is 1. The third-order valence-corrected chi connectivity index (χ3v) is 19.1. The van der Waals surface area contributed by atoms with Crippen LogP contribution >= 0.6 is 23.4 Å². The lowest BCUT2D eigenvalue weighted by atomic mass is 9.85. The van der Waals surface area contributed by atoms with Gasteiger partial charge in [-0.15, -0.1) is 11.8 Å². The fraction of sp³-hybridized carbons (Fsp3) is 0.453. The highest BCUT2D eigenvalue weighted by Crippen LogP contribution is 2.39. The highest BCUT2D eigenvalue weighted by atomic mass is 35.5. The summed E-state index contributed by atoms with van der Waals surface area (Å²) < 4.78 is 21.3. The molecule has 5 aromatic rings. The van der Waals surface area contributed by atoms with E-state index in [-0.39, 0.29) is 52.0 Å². The van der Waals surface area contributed by atoms with E-state index in [1.165, 1.54) is 123 Å². The smallest absolute Gasteiger partial charge is 0.418 e. The molecule has 2 saturated heterocycles. The van der Waals surface area contributed by atoms with Crippen molar-refractivity contribution in [3.63, 3.8) is 0 Å². The molecule has 112 heavy (non-hydrogen) atoms. The first-order valence-electron chi connectivity index (χ1n) is 37.8. The number of cyclic esters (lactones) is 1. The number of amides is 4. The first-order chi connectivity index (χ1) is 53.3. The van der Waals surface area contributed by atoms with Crippen LogP contribution < -0.4 is 25.4 Å². The standard InChI is InChI=1S/C33H43NO5S.C19H23ClN2O5.C12H19N3.C12H11NO2.C10H15NO4/c1-3-4-5-6-7-8-9-10-11-14-20-39-29-18-17-24(2)22-28(29)34-33(38)27-23-30(40-21-19-31(35)36)25-15-12-13-16-26(25)32(27)37;1-10-7-8-11(20)12(9-10)21-15(24)13(14(23)18(2,3)4)22-16(25)19(5,6)27-17(22)26;1-2-3-4-5-9-14-10-6-7-11-15-12-8-13;1-9(14)11(8-13)7-10-3-5-12(15-2)6-4-10;1-10(14)6-7(8(12)9(10)13)11-2-4-15-5-3-11/h12-13,15-18,22-23,37H,3-11,14,19-21H2,1-2H3,(H,34,38)(H,35,36);7-9,13H,1-6H3,(H,21,24);6-7,10-12,14H,2-5,9H2,1H3;3-7H,1-2H3;12,14H,2-6H2,1H3/b;;10-6+,11-7+,15-12?;11-7-;. The summed E-state index contributed by atoms with van der Waals surface area (Å²) in [6.45, 7) is 22.7. The monoisotopic (exact) mass is 1580 g/mol. The van der Waals surface area contributed by atoms with Crippen molar-refractivity contribution in [3.8, 4) is 29.4 Å². The summed E-state index contributed by atoms with van der Waals surface area (Å²) >= 11 is 7.46. The zero-order valence-corrected chi connectivity index (χ0v) is 68.2. The van der Waals surface area contributed by atoms with Gasteiger partial charge in [0, 0.05) is 53.7 Å². The highest BCUT2D eigenvalue weighted by Gasteiger charge is 2.55. The molecule has 3 aliphatic rings. The summed E-state index contributed by atoms with van der Waals surface area (Å²) in [5.41, 5.74) is 0.436. The third-order valence-electron chi connectivity index (χ3n) is 17.7. The number of morpholine rings is 1. The third kappa shape index (κ3) is 31.5. The molecule has 4 amide bonds. The van der Waals surface area contributed by atoms with Crippen molar-refractivity contribution < 1.29 is 77.7 Å². The van der Waals surface area contributed by atoms with E-state index >= 15 is 0 Å². The molecule has 7 N–H and O–H groups in total. The number of aryl methyl sites for hydroxylation is 2. The fourth-order valence-corrected chi connectivity index (χ4v) is 12.6. The van der Waals surface area contributed by atoms with E-state index in [0.717, 1.165) is 52.1 Å². The second kappa shape index (κ2) is 48.5. The number of carboxylic acid groups (broad SMARTS) is 1. The Morgan fingerprint density at radius 3 is 1.94 bits per heavy atom. The highest BCUT2D eigenvalue weighted by molar-refractivity contribution is 7.99. The Morgan fingerprint density at radius 1 is 0.786 bits per heavy atom. The molecule has 0 radical (unpaired) electrons. The number of unbranched alkanes of at least 4 members (excludes halogenated alkanes) is 12. The summed E-state index contributed by atoms with van der Waals surface area (Å²) in [5, 5.41) is 66.5. The average molecular weight is 1580 g/mol. The number of hydrogen-bond acceptors (Lipinski definition) is 21. The molecule has 2 unspecified atom stereocenters. The number of aromatic hydroxyl groups is 1. The molecular formula is C86H111ClN8O16S. The number of methoxy groups -OCH3 is 1. The number of phenolic OH excluding ortho intramolecular Hbond substituents is 1. The van der Waals surface area contributed by atoms with E-state index in [1.807, 2.05) is 73.5 Å². The Morgan fingerprint density at radius 2 is 1.38 bits per heavy atom. The lowest BCUT2D eigenvalue weighted by molar-refractivity contribution is -0.145. The van der Waals surface area contributed by atoms with Gasteiger partial charge in [0.05, 0.1) is 66.6 Å². The van der Waals surface area contributed by atoms with Crippen LogP contribution in [0.25, 0.3) is 16.8 Å². The number of hydrogen-bond donors (Lipinski definition) is 7. The Balaban J connectivity index is 0.000000317. The molecule has 26 heteroatoms. The number of carbonyl (C=O) groups is 8. The number of rotatable bonds is 34. The zero-order chi connectivity index (χ0) is 83.0. The number of ether oxygens (including phenoxy) is 4. The van der Waals surface area contributed by atoms with Gasteiger partial charge in [0.2, 0.25) is 5.78 Å². The molecule has 0 saturated carbocycles. The molecule has 0 spiro atoms.